The van der Waals surface area contributed by atoms with Gasteiger partial charge in [0.25, 0.3) is 0 Å². The average molecular weight is 284 g/mol. The van der Waals surface area contributed by atoms with Crippen LogP contribution in [0.5, 0.6) is 11.5 Å². The molecular formula is C16H16N2O3. The van der Waals surface area contributed by atoms with Crippen LogP contribution in [0.25, 0.3) is 6.08 Å². The van der Waals surface area contributed by atoms with Gasteiger partial charge in [0.2, 0.25) is 5.91 Å². The molecule has 0 aliphatic carbocycles. The lowest BCUT2D eigenvalue weighted by atomic mass is 10.1. The summed E-state index contributed by atoms with van der Waals surface area (Å²) in [4.78, 5) is 15.6. The number of aromatic hydroxyl groups is 2. The highest BCUT2D eigenvalue weighted by Crippen LogP contribution is 2.26. The Hall–Kier alpha value is -2.82. The van der Waals surface area contributed by atoms with Crippen molar-refractivity contribution >= 4 is 12.0 Å². The largest absolute Gasteiger partial charge is 0.508 e. The van der Waals surface area contributed by atoms with Crippen molar-refractivity contribution in [3.63, 3.8) is 0 Å². The van der Waals surface area contributed by atoms with Crippen LogP contribution in [0.15, 0.2) is 48.8 Å². The first-order valence-electron chi connectivity index (χ1n) is 6.52. The maximum absolute atomic E-state index is 11.6. The number of nitrogens with one attached hydrogen (secondary N) is 1. The van der Waals surface area contributed by atoms with Crippen LogP contribution in [0.1, 0.15) is 11.1 Å². The minimum atomic E-state index is -0.242. The first kappa shape index (κ1) is 14.6. The number of amides is 1. The van der Waals surface area contributed by atoms with Crippen molar-refractivity contribution < 1.29 is 15.0 Å². The van der Waals surface area contributed by atoms with Crippen molar-refractivity contribution in [2.75, 3.05) is 6.54 Å². The lowest BCUT2D eigenvalue weighted by Gasteiger charge is -2.07. The molecule has 5 heteroatoms. The molecule has 2 rings (SSSR count). The third-order valence-corrected chi connectivity index (χ3v) is 2.91. The molecule has 0 fully saturated rings. The molecule has 21 heavy (non-hydrogen) atoms. The molecule has 1 aromatic carbocycles. The van der Waals surface area contributed by atoms with Crippen molar-refractivity contribution in [2.45, 2.75) is 6.42 Å². The number of pyridine rings is 1. The molecule has 0 bridgehead atoms. The number of phenols is 2. The highest BCUT2D eigenvalue weighted by atomic mass is 16.3. The van der Waals surface area contributed by atoms with Crippen molar-refractivity contribution in [3.05, 3.63) is 59.9 Å². The van der Waals surface area contributed by atoms with Crippen LogP contribution in [0, 0.1) is 0 Å². The second kappa shape index (κ2) is 7.09. The molecule has 1 amide bonds. The van der Waals surface area contributed by atoms with E-state index in [1.165, 1.54) is 18.2 Å². The summed E-state index contributed by atoms with van der Waals surface area (Å²) in [5.41, 5.74) is 1.26. The topological polar surface area (TPSA) is 82.5 Å². The number of phenolic OH excluding ortho intramolecular Hbond substituents is 2. The number of hydrogen-bond acceptors (Lipinski definition) is 4. The molecule has 0 radical (unpaired) electrons. The summed E-state index contributed by atoms with van der Waals surface area (Å²) in [5, 5.41) is 21.9. The second-order valence-electron chi connectivity index (χ2n) is 4.44. The van der Waals surface area contributed by atoms with Gasteiger partial charge < -0.3 is 15.5 Å². The Morgan fingerprint density at radius 1 is 1.19 bits per heavy atom. The van der Waals surface area contributed by atoms with Crippen molar-refractivity contribution in [1.82, 2.24) is 10.3 Å². The van der Waals surface area contributed by atoms with E-state index < -0.39 is 0 Å². The number of carbonyl (C=O) groups is 1. The Morgan fingerprint density at radius 3 is 2.62 bits per heavy atom. The zero-order valence-corrected chi connectivity index (χ0v) is 11.4. The Kier molecular flexibility index (Phi) is 4.93. The van der Waals surface area contributed by atoms with E-state index in [9.17, 15) is 15.0 Å². The number of rotatable bonds is 5. The average Bonchev–Trinajstić information content (AvgIpc) is 2.49. The predicted molar refractivity (Wildman–Crippen MR) is 79.8 cm³/mol. The van der Waals surface area contributed by atoms with E-state index in [2.05, 4.69) is 10.3 Å². The van der Waals surface area contributed by atoms with Crippen LogP contribution in [0.4, 0.5) is 0 Å². The molecule has 2 aromatic rings. The van der Waals surface area contributed by atoms with Gasteiger partial charge in [0, 0.05) is 30.6 Å². The van der Waals surface area contributed by atoms with E-state index >= 15 is 0 Å². The van der Waals surface area contributed by atoms with E-state index in [4.69, 9.17) is 0 Å². The van der Waals surface area contributed by atoms with Gasteiger partial charge in [-0.1, -0.05) is 12.1 Å². The molecule has 0 unspecified atom stereocenters. The minimum Gasteiger partial charge on any atom is -0.508 e. The van der Waals surface area contributed by atoms with Gasteiger partial charge in [-0.05, 0) is 36.3 Å². The molecule has 0 spiro atoms. The van der Waals surface area contributed by atoms with Gasteiger partial charge in [-0.3, -0.25) is 9.78 Å². The summed E-state index contributed by atoms with van der Waals surface area (Å²) in [6.45, 7) is 0.321. The van der Waals surface area contributed by atoms with Crippen molar-refractivity contribution in [1.29, 1.82) is 0 Å². The number of carbonyl (C=O) groups excluding carboxylic acids is 1. The van der Waals surface area contributed by atoms with Crippen LogP contribution in [-0.4, -0.2) is 27.6 Å². The highest BCUT2D eigenvalue weighted by Gasteiger charge is 2.06. The Bertz CT molecular complexity index is 619. The Morgan fingerprint density at radius 2 is 1.95 bits per heavy atom. The van der Waals surface area contributed by atoms with Crippen molar-refractivity contribution in [3.8, 4) is 11.5 Å². The maximum Gasteiger partial charge on any atom is 0.244 e. The molecule has 0 atom stereocenters. The van der Waals surface area contributed by atoms with Crippen LogP contribution >= 0.6 is 0 Å². The standard InChI is InChI=1S/C16H16N2O3/c19-14-4-1-5-15(20)13(14)8-10-18-16(21)7-6-12-3-2-9-17-11-12/h1-7,9,11,19-20H,8,10H2,(H,18,21)/b7-6+. The van der Waals surface area contributed by atoms with E-state index in [1.807, 2.05) is 6.07 Å². The van der Waals surface area contributed by atoms with E-state index in [1.54, 1.807) is 30.6 Å². The Labute approximate surface area is 122 Å². The lowest BCUT2D eigenvalue weighted by molar-refractivity contribution is -0.116. The number of nitrogens with zero attached hydrogens (tertiary/aromatic N) is 1. The SMILES string of the molecule is O=C(/C=C/c1cccnc1)NCCc1c(O)cccc1O. The molecule has 0 saturated heterocycles. The van der Waals surface area contributed by atoms with Gasteiger partial charge in [-0.25, -0.2) is 0 Å². The molecule has 1 aromatic heterocycles. The van der Waals surface area contributed by atoms with Crippen LogP contribution < -0.4 is 5.32 Å². The normalized spacial score (nSPS) is 10.7. The third-order valence-electron chi connectivity index (χ3n) is 2.91. The van der Waals surface area contributed by atoms with Gasteiger partial charge in [0.15, 0.2) is 0 Å². The molecule has 0 saturated carbocycles. The summed E-state index contributed by atoms with van der Waals surface area (Å²) in [6, 6.07) is 8.19. The van der Waals surface area contributed by atoms with E-state index in [0.29, 0.717) is 18.5 Å². The zero-order valence-electron chi connectivity index (χ0n) is 11.4. The van der Waals surface area contributed by atoms with E-state index in [-0.39, 0.29) is 17.4 Å². The fourth-order valence-corrected chi connectivity index (χ4v) is 1.84. The molecule has 3 N–H and O–H groups in total. The lowest BCUT2D eigenvalue weighted by Crippen LogP contribution is -2.23. The third kappa shape index (κ3) is 4.35. The number of hydrogen-bond donors (Lipinski definition) is 3. The van der Waals surface area contributed by atoms with Crippen LogP contribution in [-0.2, 0) is 11.2 Å². The summed E-state index contributed by atoms with van der Waals surface area (Å²) >= 11 is 0. The van der Waals surface area contributed by atoms with Gasteiger partial charge in [-0.2, -0.15) is 0 Å². The van der Waals surface area contributed by atoms with Gasteiger partial charge >= 0.3 is 0 Å². The first-order chi connectivity index (χ1) is 10.2. The van der Waals surface area contributed by atoms with E-state index in [0.717, 1.165) is 5.56 Å². The monoisotopic (exact) mass is 284 g/mol. The molecule has 5 nitrogen and oxygen atoms in total. The quantitative estimate of drug-likeness (QED) is 0.732. The molecular weight excluding hydrogens is 268 g/mol. The fourth-order valence-electron chi connectivity index (χ4n) is 1.84. The van der Waals surface area contributed by atoms with Gasteiger partial charge in [0.1, 0.15) is 11.5 Å². The maximum atomic E-state index is 11.6. The summed E-state index contributed by atoms with van der Waals surface area (Å²) in [7, 11) is 0. The smallest absolute Gasteiger partial charge is 0.244 e. The minimum absolute atomic E-state index is 0.0233. The predicted octanol–water partition coefficient (Wildman–Crippen LogP) is 1.86. The summed E-state index contributed by atoms with van der Waals surface area (Å²) < 4.78 is 0. The summed E-state index contributed by atoms with van der Waals surface area (Å²) in [5.74, 6) is -0.195. The molecule has 0 aliphatic heterocycles. The van der Waals surface area contributed by atoms with Crippen LogP contribution in [0.2, 0.25) is 0 Å². The Balaban J connectivity index is 1.84. The molecule has 0 aliphatic rings. The fraction of sp³-hybridized carbons (Fsp3) is 0.125. The molecule has 108 valence electrons. The highest BCUT2D eigenvalue weighted by molar-refractivity contribution is 5.91. The molecule has 1 heterocycles. The van der Waals surface area contributed by atoms with Crippen LogP contribution in [0.3, 0.4) is 0 Å². The first-order valence-corrected chi connectivity index (χ1v) is 6.52. The number of aromatic nitrogens is 1. The van der Waals surface area contributed by atoms with Gasteiger partial charge in [-0.15, -0.1) is 0 Å². The van der Waals surface area contributed by atoms with Crippen molar-refractivity contribution in [2.24, 2.45) is 0 Å². The zero-order chi connectivity index (χ0) is 15.1. The second-order valence-corrected chi connectivity index (χ2v) is 4.44. The van der Waals surface area contributed by atoms with Gasteiger partial charge in [0.05, 0.1) is 0 Å². The summed E-state index contributed by atoms with van der Waals surface area (Å²) in [6.07, 6.45) is 6.76. The number of benzene rings is 1.